The molecule has 1 N–H and O–H groups in total. The highest BCUT2D eigenvalue weighted by atomic mass is 32.1. The van der Waals surface area contributed by atoms with Gasteiger partial charge in [0.1, 0.15) is 5.54 Å². The molecule has 3 nitrogen and oxygen atoms in total. The van der Waals surface area contributed by atoms with Crippen LogP contribution in [0, 0.1) is 17.2 Å². The van der Waals surface area contributed by atoms with E-state index in [1.807, 2.05) is 6.07 Å². The molecule has 1 amide bonds. The van der Waals surface area contributed by atoms with Crippen LogP contribution in [0.5, 0.6) is 0 Å². The second kappa shape index (κ2) is 5.81. The van der Waals surface area contributed by atoms with Gasteiger partial charge in [0.2, 0.25) is 0 Å². The van der Waals surface area contributed by atoms with Gasteiger partial charge in [0.25, 0.3) is 5.91 Å². The molecule has 1 aromatic heterocycles. The number of fused-ring (bicyclic) bond motifs is 1. The Balaban J connectivity index is 1.69. The van der Waals surface area contributed by atoms with Gasteiger partial charge in [0.05, 0.1) is 10.9 Å². The molecular weight excluding hydrogens is 280 g/mol. The smallest absolute Gasteiger partial charge is 0.262 e. The Labute approximate surface area is 130 Å². The van der Waals surface area contributed by atoms with E-state index in [2.05, 4.69) is 18.3 Å². The van der Waals surface area contributed by atoms with Crippen LogP contribution in [0.1, 0.15) is 65.6 Å². The maximum atomic E-state index is 12.5. The van der Waals surface area contributed by atoms with Gasteiger partial charge in [-0.3, -0.25) is 4.79 Å². The quantitative estimate of drug-likeness (QED) is 0.922. The SMILES string of the molecule is CCC1CCC(C#N)(NC(=O)c2cc3c(s2)CCC3)CC1. The molecule has 0 saturated heterocycles. The average Bonchev–Trinajstić information content (AvgIpc) is 3.09. The fourth-order valence-electron chi connectivity index (χ4n) is 3.56. The summed E-state index contributed by atoms with van der Waals surface area (Å²) in [6, 6.07) is 4.42. The standard InChI is InChI=1S/C17H22N2OS/c1-2-12-6-8-17(11-18,9-7-12)19-16(20)15-10-13-4-3-5-14(13)21-15/h10,12H,2-9H2,1H3,(H,19,20). The van der Waals surface area contributed by atoms with E-state index in [0.29, 0.717) is 5.92 Å². The molecule has 1 fully saturated rings. The van der Waals surface area contributed by atoms with E-state index < -0.39 is 5.54 Å². The van der Waals surface area contributed by atoms with Crippen molar-refractivity contribution >= 4 is 17.2 Å². The van der Waals surface area contributed by atoms with E-state index >= 15 is 0 Å². The van der Waals surface area contributed by atoms with Gasteiger partial charge in [-0.25, -0.2) is 0 Å². The van der Waals surface area contributed by atoms with Crippen molar-refractivity contribution in [2.24, 2.45) is 5.92 Å². The molecule has 1 saturated carbocycles. The Morgan fingerprint density at radius 1 is 1.48 bits per heavy atom. The predicted octanol–water partition coefficient (Wildman–Crippen LogP) is 3.83. The third-order valence-corrected chi connectivity index (χ3v) is 6.31. The fourth-order valence-corrected chi connectivity index (χ4v) is 4.71. The van der Waals surface area contributed by atoms with Crippen LogP contribution in [0.2, 0.25) is 0 Å². The van der Waals surface area contributed by atoms with E-state index in [1.54, 1.807) is 11.3 Å². The van der Waals surface area contributed by atoms with Crippen LogP contribution in [0.25, 0.3) is 0 Å². The summed E-state index contributed by atoms with van der Waals surface area (Å²) < 4.78 is 0. The Kier molecular flexibility index (Phi) is 4.03. The van der Waals surface area contributed by atoms with Crippen molar-refractivity contribution in [3.05, 3.63) is 21.4 Å². The molecule has 2 aliphatic carbocycles. The summed E-state index contributed by atoms with van der Waals surface area (Å²) in [4.78, 5) is 14.6. The van der Waals surface area contributed by atoms with Crippen LogP contribution in [-0.4, -0.2) is 11.4 Å². The van der Waals surface area contributed by atoms with Gasteiger partial charge in [-0.2, -0.15) is 5.26 Å². The molecule has 3 rings (SSSR count). The molecule has 2 aliphatic rings. The number of nitrogens with zero attached hydrogens (tertiary/aromatic N) is 1. The third kappa shape index (κ3) is 2.85. The minimum absolute atomic E-state index is 0.0501. The van der Waals surface area contributed by atoms with E-state index in [-0.39, 0.29) is 5.91 Å². The number of carbonyl (C=O) groups excluding carboxylic acids is 1. The first-order chi connectivity index (χ1) is 10.2. The van der Waals surface area contributed by atoms with Crippen LogP contribution in [0.15, 0.2) is 6.07 Å². The van der Waals surface area contributed by atoms with Crippen molar-refractivity contribution in [3.8, 4) is 6.07 Å². The van der Waals surface area contributed by atoms with Crippen molar-refractivity contribution in [2.75, 3.05) is 0 Å². The van der Waals surface area contributed by atoms with Gasteiger partial charge in [-0.1, -0.05) is 13.3 Å². The molecule has 112 valence electrons. The monoisotopic (exact) mass is 302 g/mol. The topological polar surface area (TPSA) is 52.9 Å². The van der Waals surface area contributed by atoms with Crippen molar-refractivity contribution in [1.29, 1.82) is 5.26 Å². The highest BCUT2D eigenvalue weighted by molar-refractivity contribution is 7.14. The molecule has 0 aromatic carbocycles. The molecule has 0 bridgehead atoms. The Bertz CT molecular complexity index is 555. The highest BCUT2D eigenvalue weighted by Gasteiger charge is 2.37. The number of hydrogen-bond acceptors (Lipinski definition) is 3. The van der Waals surface area contributed by atoms with E-state index in [0.717, 1.165) is 43.4 Å². The highest BCUT2D eigenvalue weighted by Crippen LogP contribution is 2.35. The molecule has 4 heteroatoms. The van der Waals surface area contributed by atoms with Crippen LogP contribution < -0.4 is 5.32 Å². The lowest BCUT2D eigenvalue weighted by atomic mass is 9.76. The summed E-state index contributed by atoms with van der Waals surface area (Å²) in [5.41, 5.74) is 0.697. The predicted molar refractivity (Wildman–Crippen MR) is 84.4 cm³/mol. The van der Waals surface area contributed by atoms with Gasteiger partial charge in [0, 0.05) is 4.88 Å². The molecule has 21 heavy (non-hydrogen) atoms. The van der Waals surface area contributed by atoms with Crippen LogP contribution in [-0.2, 0) is 12.8 Å². The molecule has 1 aromatic rings. The van der Waals surface area contributed by atoms with Crippen molar-refractivity contribution in [1.82, 2.24) is 5.32 Å². The number of hydrogen-bond donors (Lipinski definition) is 1. The summed E-state index contributed by atoms with van der Waals surface area (Å²) in [5, 5.41) is 12.6. The molecule has 0 atom stereocenters. The van der Waals surface area contributed by atoms with Gasteiger partial charge < -0.3 is 5.32 Å². The fraction of sp³-hybridized carbons (Fsp3) is 0.647. The summed E-state index contributed by atoms with van der Waals surface area (Å²) >= 11 is 1.61. The average molecular weight is 302 g/mol. The lowest BCUT2D eigenvalue weighted by Crippen LogP contribution is -2.49. The van der Waals surface area contributed by atoms with Gasteiger partial charge >= 0.3 is 0 Å². The zero-order chi connectivity index (χ0) is 14.9. The first-order valence-corrected chi connectivity index (χ1v) is 8.83. The van der Waals surface area contributed by atoms with Crippen molar-refractivity contribution in [3.63, 3.8) is 0 Å². The first-order valence-electron chi connectivity index (χ1n) is 8.01. The minimum atomic E-state index is -0.642. The number of rotatable bonds is 3. The largest absolute Gasteiger partial charge is 0.333 e. The lowest BCUT2D eigenvalue weighted by molar-refractivity contribution is 0.0895. The number of aryl methyl sites for hydroxylation is 2. The number of carbonyl (C=O) groups is 1. The van der Waals surface area contributed by atoms with Gasteiger partial charge in [-0.15, -0.1) is 11.3 Å². The molecule has 0 aliphatic heterocycles. The van der Waals surface area contributed by atoms with E-state index in [9.17, 15) is 10.1 Å². The Morgan fingerprint density at radius 2 is 2.24 bits per heavy atom. The zero-order valence-electron chi connectivity index (χ0n) is 12.6. The van der Waals surface area contributed by atoms with Gasteiger partial charge in [-0.05, 0) is 62.5 Å². The maximum Gasteiger partial charge on any atom is 0.262 e. The van der Waals surface area contributed by atoms with Crippen LogP contribution in [0.3, 0.4) is 0 Å². The molecule has 0 spiro atoms. The second-order valence-corrected chi connectivity index (χ2v) is 7.55. The van der Waals surface area contributed by atoms with Crippen molar-refractivity contribution in [2.45, 2.75) is 63.8 Å². The molecule has 1 heterocycles. The molecule has 0 radical (unpaired) electrons. The normalized spacial score (nSPS) is 27.9. The number of thiophene rings is 1. The third-order valence-electron chi connectivity index (χ3n) is 5.07. The Morgan fingerprint density at radius 3 is 2.86 bits per heavy atom. The summed E-state index contributed by atoms with van der Waals surface area (Å²) in [5.74, 6) is 0.666. The number of amides is 1. The molecular formula is C17H22N2OS. The number of nitrogens with one attached hydrogen (secondary N) is 1. The minimum Gasteiger partial charge on any atom is -0.333 e. The summed E-state index contributed by atoms with van der Waals surface area (Å²) in [6.45, 7) is 2.20. The summed E-state index contributed by atoms with van der Waals surface area (Å²) in [6.07, 6.45) is 8.26. The zero-order valence-corrected chi connectivity index (χ0v) is 13.4. The van der Waals surface area contributed by atoms with E-state index in [1.165, 1.54) is 23.3 Å². The first kappa shape index (κ1) is 14.6. The Hall–Kier alpha value is -1.34. The summed E-state index contributed by atoms with van der Waals surface area (Å²) in [7, 11) is 0. The maximum absolute atomic E-state index is 12.5. The van der Waals surface area contributed by atoms with E-state index in [4.69, 9.17) is 0 Å². The molecule has 0 unspecified atom stereocenters. The van der Waals surface area contributed by atoms with Crippen LogP contribution in [0.4, 0.5) is 0 Å². The number of nitriles is 1. The van der Waals surface area contributed by atoms with Gasteiger partial charge in [0.15, 0.2) is 0 Å². The lowest BCUT2D eigenvalue weighted by Gasteiger charge is -2.35. The van der Waals surface area contributed by atoms with Crippen LogP contribution >= 0.6 is 11.3 Å². The second-order valence-electron chi connectivity index (χ2n) is 6.41. The van der Waals surface area contributed by atoms with Crippen molar-refractivity contribution < 1.29 is 4.79 Å².